The Labute approximate surface area is 126 Å². The van der Waals surface area contributed by atoms with E-state index in [9.17, 15) is 4.79 Å². The summed E-state index contributed by atoms with van der Waals surface area (Å²) in [5.41, 5.74) is 8.78. The minimum Gasteiger partial charge on any atom is -0.330 e. The molecule has 0 aromatic heterocycles. The third-order valence-electron chi connectivity index (χ3n) is 3.36. The average Bonchev–Trinajstić information content (AvgIpc) is 2.52. The second-order valence-electron chi connectivity index (χ2n) is 5.13. The standard InChI is InChI=1S/C18H22N2O/c19-13-5-9-16-8-4-10-17(14-16)20-18(21)12-11-15-6-2-1-3-7-15/h1-4,6-8,10,14H,5,9,11-13,19H2,(H,20,21). The Kier molecular flexibility index (Phi) is 5.98. The van der Waals surface area contributed by atoms with Crippen LogP contribution in [0, 0.1) is 0 Å². The van der Waals surface area contributed by atoms with Crippen LogP contribution in [0.1, 0.15) is 24.0 Å². The van der Waals surface area contributed by atoms with Crippen LogP contribution in [0.5, 0.6) is 0 Å². The van der Waals surface area contributed by atoms with Crippen LogP contribution < -0.4 is 11.1 Å². The predicted molar refractivity (Wildman–Crippen MR) is 87.2 cm³/mol. The van der Waals surface area contributed by atoms with Crippen LogP contribution in [0.15, 0.2) is 54.6 Å². The van der Waals surface area contributed by atoms with Gasteiger partial charge in [0.1, 0.15) is 0 Å². The minimum atomic E-state index is 0.0508. The Morgan fingerprint density at radius 1 is 0.952 bits per heavy atom. The molecule has 0 bridgehead atoms. The average molecular weight is 282 g/mol. The molecule has 0 aliphatic rings. The first kappa shape index (κ1) is 15.3. The van der Waals surface area contributed by atoms with E-state index in [2.05, 4.69) is 11.4 Å². The van der Waals surface area contributed by atoms with Crippen LogP contribution in [0.3, 0.4) is 0 Å². The monoisotopic (exact) mass is 282 g/mol. The molecule has 0 aliphatic carbocycles. The summed E-state index contributed by atoms with van der Waals surface area (Å²) >= 11 is 0. The third kappa shape index (κ3) is 5.40. The molecule has 2 aromatic carbocycles. The molecule has 0 heterocycles. The zero-order valence-electron chi connectivity index (χ0n) is 12.2. The molecule has 0 saturated carbocycles. The van der Waals surface area contributed by atoms with Crippen molar-refractivity contribution in [2.45, 2.75) is 25.7 Å². The first-order chi connectivity index (χ1) is 10.3. The highest BCUT2D eigenvalue weighted by molar-refractivity contribution is 5.90. The van der Waals surface area contributed by atoms with Gasteiger partial charge in [-0.15, -0.1) is 0 Å². The van der Waals surface area contributed by atoms with Crippen molar-refractivity contribution in [2.75, 3.05) is 11.9 Å². The molecule has 0 saturated heterocycles. The van der Waals surface area contributed by atoms with E-state index in [1.165, 1.54) is 11.1 Å². The van der Waals surface area contributed by atoms with Crippen molar-refractivity contribution in [3.8, 4) is 0 Å². The van der Waals surface area contributed by atoms with Crippen molar-refractivity contribution in [3.05, 3.63) is 65.7 Å². The quantitative estimate of drug-likeness (QED) is 0.819. The Morgan fingerprint density at radius 2 is 1.71 bits per heavy atom. The molecule has 3 nitrogen and oxygen atoms in total. The number of aryl methyl sites for hydroxylation is 2. The number of amides is 1. The third-order valence-corrected chi connectivity index (χ3v) is 3.36. The maximum absolute atomic E-state index is 12.0. The molecule has 3 heteroatoms. The number of carbonyl (C=O) groups excluding carboxylic acids is 1. The lowest BCUT2D eigenvalue weighted by Crippen LogP contribution is -2.12. The van der Waals surface area contributed by atoms with Gasteiger partial charge in [0.25, 0.3) is 0 Å². The van der Waals surface area contributed by atoms with Gasteiger partial charge in [0.2, 0.25) is 5.91 Å². The molecule has 2 rings (SSSR count). The summed E-state index contributed by atoms with van der Waals surface area (Å²) in [5.74, 6) is 0.0508. The number of nitrogens with one attached hydrogen (secondary N) is 1. The van der Waals surface area contributed by atoms with Crippen molar-refractivity contribution in [3.63, 3.8) is 0 Å². The molecule has 0 unspecified atom stereocenters. The number of hydrogen-bond donors (Lipinski definition) is 2. The van der Waals surface area contributed by atoms with Gasteiger partial charge in [0, 0.05) is 12.1 Å². The van der Waals surface area contributed by atoms with Gasteiger partial charge < -0.3 is 11.1 Å². The van der Waals surface area contributed by atoms with E-state index < -0.39 is 0 Å². The highest BCUT2D eigenvalue weighted by Crippen LogP contribution is 2.13. The fourth-order valence-corrected chi connectivity index (χ4v) is 2.24. The van der Waals surface area contributed by atoms with Crippen LogP contribution in [0.4, 0.5) is 5.69 Å². The molecule has 21 heavy (non-hydrogen) atoms. The van der Waals surface area contributed by atoms with Gasteiger partial charge in [-0.05, 0) is 49.1 Å². The number of carbonyl (C=O) groups is 1. The topological polar surface area (TPSA) is 55.1 Å². The van der Waals surface area contributed by atoms with E-state index in [-0.39, 0.29) is 5.91 Å². The van der Waals surface area contributed by atoms with Crippen molar-refractivity contribution in [2.24, 2.45) is 5.73 Å². The Balaban J connectivity index is 1.84. The number of nitrogens with two attached hydrogens (primary N) is 1. The molecular weight excluding hydrogens is 260 g/mol. The molecule has 1 amide bonds. The van der Waals surface area contributed by atoms with E-state index in [1.807, 2.05) is 48.5 Å². The van der Waals surface area contributed by atoms with Crippen LogP contribution in [-0.2, 0) is 17.6 Å². The lowest BCUT2D eigenvalue weighted by molar-refractivity contribution is -0.116. The fraction of sp³-hybridized carbons (Fsp3) is 0.278. The van der Waals surface area contributed by atoms with Gasteiger partial charge in [0.05, 0.1) is 0 Å². The molecule has 110 valence electrons. The predicted octanol–water partition coefficient (Wildman–Crippen LogP) is 3.15. The Hall–Kier alpha value is -2.13. The van der Waals surface area contributed by atoms with E-state index >= 15 is 0 Å². The fourth-order valence-electron chi connectivity index (χ4n) is 2.24. The van der Waals surface area contributed by atoms with E-state index in [0.29, 0.717) is 13.0 Å². The smallest absolute Gasteiger partial charge is 0.224 e. The van der Waals surface area contributed by atoms with Crippen molar-refractivity contribution in [1.82, 2.24) is 0 Å². The largest absolute Gasteiger partial charge is 0.330 e. The molecule has 0 fully saturated rings. The van der Waals surface area contributed by atoms with Gasteiger partial charge in [-0.3, -0.25) is 4.79 Å². The second-order valence-corrected chi connectivity index (χ2v) is 5.13. The number of anilines is 1. The lowest BCUT2D eigenvalue weighted by Gasteiger charge is -2.07. The van der Waals surface area contributed by atoms with Gasteiger partial charge in [-0.1, -0.05) is 42.5 Å². The maximum Gasteiger partial charge on any atom is 0.224 e. The number of hydrogen-bond acceptors (Lipinski definition) is 2. The Morgan fingerprint density at radius 3 is 2.48 bits per heavy atom. The molecule has 2 aromatic rings. The summed E-state index contributed by atoms with van der Waals surface area (Å²) in [6, 6.07) is 18.0. The number of benzene rings is 2. The Bertz CT molecular complexity index is 566. The highest BCUT2D eigenvalue weighted by atomic mass is 16.1. The zero-order valence-corrected chi connectivity index (χ0v) is 12.2. The van der Waals surface area contributed by atoms with Crippen LogP contribution in [0.25, 0.3) is 0 Å². The van der Waals surface area contributed by atoms with Crippen LogP contribution in [-0.4, -0.2) is 12.5 Å². The summed E-state index contributed by atoms with van der Waals surface area (Å²) in [6.45, 7) is 0.688. The van der Waals surface area contributed by atoms with E-state index in [1.54, 1.807) is 0 Å². The van der Waals surface area contributed by atoms with Crippen molar-refractivity contribution in [1.29, 1.82) is 0 Å². The SMILES string of the molecule is NCCCc1cccc(NC(=O)CCc2ccccc2)c1. The van der Waals surface area contributed by atoms with Crippen LogP contribution >= 0.6 is 0 Å². The summed E-state index contributed by atoms with van der Waals surface area (Å²) < 4.78 is 0. The molecule has 0 atom stereocenters. The first-order valence-electron chi connectivity index (χ1n) is 7.41. The van der Waals surface area contributed by atoms with E-state index in [4.69, 9.17) is 5.73 Å². The zero-order chi connectivity index (χ0) is 14.9. The summed E-state index contributed by atoms with van der Waals surface area (Å²) in [4.78, 5) is 12.0. The highest BCUT2D eigenvalue weighted by Gasteiger charge is 2.03. The second kappa shape index (κ2) is 8.22. The molecule has 0 aliphatic heterocycles. The number of rotatable bonds is 7. The normalized spacial score (nSPS) is 10.3. The lowest BCUT2D eigenvalue weighted by atomic mass is 10.1. The maximum atomic E-state index is 12.0. The van der Waals surface area contributed by atoms with Gasteiger partial charge >= 0.3 is 0 Å². The molecular formula is C18H22N2O. The van der Waals surface area contributed by atoms with Crippen molar-refractivity contribution < 1.29 is 4.79 Å². The summed E-state index contributed by atoms with van der Waals surface area (Å²) in [6.07, 6.45) is 3.17. The summed E-state index contributed by atoms with van der Waals surface area (Å²) in [5, 5.41) is 2.96. The molecule has 3 N–H and O–H groups in total. The van der Waals surface area contributed by atoms with Gasteiger partial charge in [0.15, 0.2) is 0 Å². The van der Waals surface area contributed by atoms with Crippen molar-refractivity contribution >= 4 is 11.6 Å². The molecule has 0 radical (unpaired) electrons. The summed E-state index contributed by atoms with van der Waals surface area (Å²) in [7, 11) is 0. The van der Waals surface area contributed by atoms with Gasteiger partial charge in [-0.25, -0.2) is 0 Å². The molecule has 0 spiro atoms. The minimum absolute atomic E-state index is 0.0508. The first-order valence-corrected chi connectivity index (χ1v) is 7.41. The van der Waals surface area contributed by atoms with Crippen LogP contribution in [0.2, 0.25) is 0 Å². The van der Waals surface area contributed by atoms with E-state index in [0.717, 1.165) is 24.9 Å². The van der Waals surface area contributed by atoms with Gasteiger partial charge in [-0.2, -0.15) is 0 Å².